The predicted octanol–water partition coefficient (Wildman–Crippen LogP) is 13.6. The molecule has 0 amide bonds. The lowest BCUT2D eigenvalue weighted by Gasteiger charge is -2.60. The predicted molar refractivity (Wildman–Crippen MR) is 236 cm³/mol. The lowest BCUT2D eigenvalue weighted by molar-refractivity contribution is 0.265. The van der Waals surface area contributed by atoms with Gasteiger partial charge in [0.2, 0.25) is 0 Å². The Hall–Kier alpha value is -5.90. The van der Waals surface area contributed by atoms with Gasteiger partial charge in [0, 0.05) is 54.7 Å². The van der Waals surface area contributed by atoms with Crippen LogP contribution >= 0.6 is 11.3 Å². The summed E-state index contributed by atoms with van der Waals surface area (Å²) in [5.74, 6) is 0.378. The Balaban J connectivity index is 1.19. The zero-order valence-corrected chi connectivity index (χ0v) is 32.5. The molecule has 0 saturated heterocycles. The molecule has 3 aliphatic carbocycles. The third-order valence-corrected chi connectivity index (χ3v) is 15.9. The highest BCUT2D eigenvalue weighted by Crippen LogP contribution is 2.69. The largest absolute Gasteiger partial charge is 0.333 e. The van der Waals surface area contributed by atoms with E-state index < -0.39 is 5.54 Å². The molecule has 4 heterocycles. The van der Waals surface area contributed by atoms with Crippen LogP contribution in [0.15, 0.2) is 175 Å². The van der Waals surface area contributed by atoms with Crippen LogP contribution in [0.4, 0.5) is 11.4 Å². The van der Waals surface area contributed by atoms with E-state index in [2.05, 4.69) is 200 Å². The first-order chi connectivity index (χ1) is 27.4. The fourth-order valence-electron chi connectivity index (χ4n) is 12.7. The molecule has 2 aliphatic heterocycles. The van der Waals surface area contributed by atoms with Crippen LogP contribution in [0.3, 0.4) is 0 Å². The van der Waals surface area contributed by atoms with Crippen molar-refractivity contribution in [3.8, 4) is 0 Å². The van der Waals surface area contributed by atoms with Gasteiger partial charge in [-0.3, -0.25) is 0 Å². The number of aromatic nitrogens is 1. The number of anilines is 2. The lowest BCUT2D eigenvalue weighted by Crippen LogP contribution is -2.60. The Labute approximate surface area is 331 Å². The van der Waals surface area contributed by atoms with Crippen molar-refractivity contribution in [3.05, 3.63) is 198 Å². The zero-order valence-electron chi connectivity index (χ0n) is 31.7. The normalized spacial score (nSPS) is 26.3. The van der Waals surface area contributed by atoms with Crippen LogP contribution < -0.4 is 4.90 Å². The second-order valence-electron chi connectivity index (χ2n) is 17.3. The maximum Gasteiger partial charge on any atom is 0.0754 e. The Morgan fingerprint density at radius 2 is 1.25 bits per heavy atom. The van der Waals surface area contributed by atoms with E-state index in [0.717, 1.165) is 0 Å². The molecule has 2 nitrogen and oxygen atoms in total. The fraction of sp³-hybridized carbons (Fsp3) is 0.170. The van der Waals surface area contributed by atoms with Crippen LogP contribution in [-0.4, -0.2) is 10.1 Å². The van der Waals surface area contributed by atoms with E-state index in [9.17, 15) is 0 Å². The lowest BCUT2D eigenvalue weighted by atomic mass is 9.54. The minimum atomic E-state index is -0.423. The molecule has 13 rings (SSSR count). The molecule has 56 heavy (non-hydrogen) atoms. The highest BCUT2D eigenvalue weighted by molar-refractivity contribution is 7.26. The van der Waals surface area contributed by atoms with Gasteiger partial charge in [0.15, 0.2) is 0 Å². The Morgan fingerprint density at radius 1 is 0.571 bits per heavy atom. The van der Waals surface area contributed by atoms with Crippen molar-refractivity contribution in [3.63, 3.8) is 0 Å². The van der Waals surface area contributed by atoms with E-state index in [1.807, 2.05) is 11.3 Å². The van der Waals surface area contributed by atoms with E-state index >= 15 is 0 Å². The summed E-state index contributed by atoms with van der Waals surface area (Å²) >= 11 is 1.94. The van der Waals surface area contributed by atoms with E-state index in [0.29, 0.717) is 0 Å². The molecule has 3 heteroatoms. The van der Waals surface area contributed by atoms with E-state index in [1.54, 1.807) is 0 Å². The Morgan fingerprint density at radius 3 is 2.16 bits per heavy atom. The molecule has 6 aromatic carbocycles. The van der Waals surface area contributed by atoms with Crippen molar-refractivity contribution in [2.24, 2.45) is 11.8 Å². The SMILES string of the molecule is CC1(C)c2ccccc2N(c2cccc3c2sc2ccccc23)C2(C)C3=C(C=CC12)C1(c2ccccc23)c2cccc3c4ccccc4n(c23)C2C=CC=CC21. The number of hydrogen-bond acceptors (Lipinski definition) is 2. The number of para-hydroxylation sites is 3. The van der Waals surface area contributed by atoms with Gasteiger partial charge in [0.25, 0.3) is 0 Å². The van der Waals surface area contributed by atoms with Crippen molar-refractivity contribution >= 4 is 70.3 Å². The van der Waals surface area contributed by atoms with Crippen LogP contribution in [0.5, 0.6) is 0 Å². The maximum absolute atomic E-state index is 2.79. The second-order valence-corrected chi connectivity index (χ2v) is 18.4. The molecule has 2 aromatic heterocycles. The number of thiophene rings is 1. The molecule has 8 aromatic rings. The average molecular weight is 737 g/mol. The fourth-order valence-corrected chi connectivity index (χ4v) is 13.9. The van der Waals surface area contributed by atoms with E-state index in [-0.39, 0.29) is 28.7 Å². The summed E-state index contributed by atoms with van der Waals surface area (Å²) in [7, 11) is 0. The molecule has 0 N–H and O–H groups in total. The minimum absolute atomic E-state index is 0.134. The summed E-state index contributed by atoms with van der Waals surface area (Å²) in [4.78, 5) is 2.79. The molecule has 268 valence electrons. The van der Waals surface area contributed by atoms with Gasteiger partial charge in [-0.2, -0.15) is 0 Å². The molecule has 5 unspecified atom stereocenters. The maximum atomic E-state index is 2.79. The molecule has 0 saturated carbocycles. The molecule has 0 bridgehead atoms. The summed E-state index contributed by atoms with van der Waals surface area (Å²) in [6.07, 6.45) is 14.8. The summed E-state index contributed by atoms with van der Waals surface area (Å²) in [5.41, 5.74) is 13.0. The Bertz CT molecular complexity index is 3180. The van der Waals surface area contributed by atoms with Crippen molar-refractivity contribution in [2.45, 2.75) is 43.2 Å². The van der Waals surface area contributed by atoms with Crippen LogP contribution in [-0.2, 0) is 10.8 Å². The van der Waals surface area contributed by atoms with E-state index in [1.165, 1.54) is 86.8 Å². The topological polar surface area (TPSA) is 8.17 Å². The van der Waals surface area contributed by atoms with Crippen molar-refractivity contribution in [2.75, 3.05) is 4.90 Å². The molecule has 0 fully saturated rings. The third-order valence-electron chi connectivity index (χ3n) is 14.6. The van der Waals surface area contributed by atoms with Crippen molar-refractivity contribution in [1.82, 2.24) is 4.57 Å². The number of hydrogen-bond donors (Lipinski definition) is 0. The number of fused-ring (bicyclic) bond motifs is 17. The van der Waals surface area contributed by atoms with Gasteiger partial charge < -0.3 is 9.47 Å². The Kier molecular flexibility index (Phi) is 5.86. The first-order valence-corrected chi connectivity index (χ1v) is 21.0. The van der Waals surface area contributed by atoms with Crippen LogP contribution in [0.2, 0.25) is 0 Å². The van der Waals surface area contributed by atoms with Gasteiger partial charge in [-0.05, 0) is 64.6 Å². The molecular weight excluding hydrogens is 697 g/mol. The van der Waals surface area contributed by atoms with E-state index in [4.69, 9.17) is 0 Å². The third kappa shape index (κ3) is 3.44. The summed E-state index contributed by atoms with van der Waals surface area (Å²) in [5, 5.41) is 5.36. The zero-order chi connectivity index (χ0) is 37.1. The molecule has 5 aliphatic rings. The van der Waals surface area contributed by atoms with Crippen molar-refractivity contribution in [1.29, 1.82) is 0 Å². The number of nitrogens with zero attached hydrogens (tertiary/aromatic N) is 2. The summed E-state index contributed by atoms with van der Waals surface area (Å²) in [6.45, 7) is 7.57. The quantitative estimate of drug-likeness (QED) is 0.163. The van der Waals surface area contributed by atoms with Crippen LogP contribution in [0, 0.1) is 11.8 Å². The minimum Gasteiger partial charge on any atom is -0.333 e. The summed E-state index contributed by atoms with van der Waals surface area (Å²) < 4.78 is 5.36. The van der Waals surface area contributed by atoms with Crippen LogP contribution in [0.1, 0.15) is 49.1 Å². The van der Waals surface area contributed by atoms with Gasteiger partial charge >= 0.3 is 0 Å². The first-order valence-electron chi connectivity index (χ1n) is 20.2. The van der Waals surface area contributed by atoms with Gasteiger partial charge in [0.1, 0.15) is 0 Å². The summed E-state index contributed by atoms with van der Waals surface area (Å²) in [6, 6.07) is 51.1. The van der Waals surface area contributed by atoms with Crippen molar-refractivity contribution < 1.29 is 0 Å². The smallest absolute Gasteiger partial charge is 0.0754 e. The molecular formula is C53H40N2S. The average Bonchev–Trinajstić information content (AvgIpc) is 3.88. The monoisotopic (exact) mass is 736 g/mol. The van der Waals surface area contributed by atoms with Gasteiger partial charge in [0.05, 0.1) is 32.9 Å². The number of allylic oxidation sites excluding steroid dienone is 6. The first kappa shape index (κ1) is 31.3. The standard InChI is InChI=1S/C53H40N2S/c1-51(2)38-22-8-12-27-44(38)55(45-28-15-20-35-33-17-6-13-29-46(33)56-50(35)45)52(3)47(51)31-30-40-48(52)36-18-4-7-21-37(36)53(40)39-23-9-11-26-43(39)54-42-25-10-5-16-32(42)34-19-14-24-41(53)49(34)54/h4-31,39,43,47H,1-3H3. The molecule has 0 radical (unpaired) electrons. The van der Waals surface area contributed by atoms with Gasteiger partial charge in [-0.1, -0.05) is 159 Å². The number of benzene rings is 6. The van der Waals surface area contributed by atoms with Crippen LogP contribution in [0.25, 0.3) is 47.6 Å². The van der Waals surface area contributed by atoms with Gasteiger partial charge in [-0.15, -0.1) is 11.3 Å². The highest BCUT2D eigenvalue weighted by Gasteiger charge is 2.64. The molecule has 5 atom stereocenters. The van der Waals surface area contributed by atoms with Gasteiger partial charge in [-0.25, -0.2) is 0 Å². The highest BCUT2D eigenvalue weighted by atomic mass is 32.1. The number of rotatable bonds is 1. The second kappa shape index (κ2) is 10.5. The molecule has 1 spiro atoms.